The first-order valence-corrected chi connectivity index (χ1v) is 5.20. The molecule has 0 heterocycles. The fraction of sp³-hybridized carbons (Fsp3) is 0.909. The van der Waals surface area contributed by atoms with Crippen LogP contribution in [0.3, 0.4) is 0 Å². The van der Waals surface area contributed by atoms with Crippen LogP contribution in [0.4, 0.5) is 0 Å². The molecule has 0 amide bonds. The highest BCUT2D eigenvalue weighted by Crippen LogP contribution is 2.11. The number of hydrogen-bond donors (Lipinski definition) is 1. The summed E-state index contributed by atoms with van der Waals surface area (Å²) >= 11 is 0. The van der Waals surface area contributed by atoms with Crippen molar-refractivity contribution in [3.63, 3.8) is 0 Å². The molecule has 0 rings (SSSR count). The molecule has 0 saturated heterocycles. The summed E-state index contributed by atoms with van der Waals surface area (Å²) in [7, 11) is 0. The van der Waals surface area contributed by atoms with E-state index in [1.807, 2.05) is 0 Å². The van der Waals surface area contributed by atoms with Crippen molar-refractivity contribution in [3.05, 3.63) is 0 Å². The Balaban J connectivity index is 3.26. The Hall–Kier alpha value is -0.370. The monoisotopic (exact) mass is 186 g/mol. The highest BCUT2D eigenvalue weighted by molar-refractivity contribution is 5.75. The zero-order valence-corrected chi connectivity index (χ0v) is 9.05. The molecule has 0 aromatic heterocycles. The van der Waals surface area contributed by atoms with E-state index in [0.717, 1.165) is 25.7 Å². The minimum absolute atomic E-state index is 0.174. The van der Waals surface area contributed by atoms with E-state index in [9.17, 15) is 9.90 Å². The maximum atomic E-state index is 10.6. The van der Waals surface area contributed by atoms with Crippen molar-refractivity contribution in [2.45, 2.75) is 59.0 Å². The van der Waals surface area contributed by atoms with Gasteiger partial charge in [-0.25, -0.2) is 0 Å². The maximum Gasteiger partial charge on any atom is 0.129 e. The zero-order chi connectivity index (χ0) is 10.3. The fourth-order valence-corrected chi connectivity index (χ4v) is 1.42. The third-order valence-corrected chi connectivity index (χ3v) is 2.06. The van der Waals surface area contributed by atoms with Crippen molar-refractivity contribution in [1.29, 1.82) is 0 Å². The largest absolute Gasteiger partial charge is 0.393 e. The molecule has 0 aliphatic carbocycles. The predicted molar refractivity (Wildman–Crippen MR) is 54.6 cm³/mol. The van der Waals surface area contributed by atoms with Gasteiger partial charge in [-0.3, -0.25) is 0 Å². The van der Waals surface area contributed by atoms with Gasteiger partial charge in [-0.05, 0) is 32.1 Å². The summed E-state index contributed by atoms with van der Waals surface area (Å²) in [6.45, 7) is 5.84. The molecule has 1 N–H and O–H groups in total. The molecule has 2 nitrogen and oxygen atoms in total. The van der Waals surface area contributed by atoms with Gasteiger partial charge in [0.25, 0.3) is 0 Å². The van der Waals surface area contributed by atoms with E-state index >= 15 is 0 Å². The Morgan fingerprint density at radius 1 is 1.31 bits per heavy atom. The average Bonchev–Trinajstić information content (AvgIpc) is 1.96. The molecule has 0 radical (unpaired) electrons. The lowest BCUT2D eigenvalue weighted by Gasteiger charge is -2.12. The van der Waals surface area contributed by atoms with Crippen LogP contribution in [0.25, 0.3) is 0 Å². The van der Waals surface area contributed by atoms with Crippen molar-refractivity contribution in [2.75, 3.05) is 0 Å². The fourth-order valence-electron chi connectivity index (χ4n) is 1.42. The van der Waals surface area contributed by atoms with Crippen LogP contribution in [0, 0.1) is 5.92 Å². The second-order valence-electron chi connectivity index (χ2n) is 4.23. The van der Waals surface area contributed by atoms with Gasteiger partial charge in [0, 0.05) is 6.42 Å². The van der Waals surface area contributed by atoms with Crippen LogP contribution in [-0.2, 0) is 4.79 Å². The van der Waals surface area contributed by atoms with E-state index in [1.54, 1.807) is 6.92 Å². The number of unbranched alkanes of at least 4 members (excludes halogenated alkanes) is 1. The maximum absolute atomic E-state index is 10.6. The van der Waals surface area contributed by atoms with Crippen LogP contribution in [0.15, 0.2) is 0 Å². The van der Waals surface area contributed by atoms with Gasteiger partial charge in [0.1, 0.15) is 5.78 Å². The molecule has 0 aliphatic heterocycles. The first-order valence-electron chi connectivity index (χ1n) is 5.20. The minimum Gasteiger partial charge on any atom is -0.393 e. The third kappa shape index (κ3) is 9.54. The standard InChI is InChI=1S/C11H22O2/c1-9(2)8-11(13)7-5-4-6-10(3)12/h9,11,13H,4-8H2,1-3H3. The summed E-state index contributed by atoms with van der Waals surface area (Å²) in [5.41, 5.74) is 0. The molecule has 0 bridgehead atoms. The lowest BCUT2D eigenvalue weighted by atomic mass is 10.0. The average molecular weight is 186 g/mol. The number of carbonyl (C=O) groups excluding carboxylic acids is 1. The number of aliphatic hydroxyl groups is 1. The normalized spacial score (nSPS) is 13.3. The third-order valence-electron chi connectivity index (χ3n) is 2.06. The number of carbonyl (C=O) groups is 1. The molecule has 1 unspecified atom stereocenters. The van der Waals surface area contributed by atoms with Crippen molar-refractivity contribution in [2.24, 2.45) is 5.92 Å². The molecule has 2 heteroatoms. The van der Waals surface area contributed by atoms with Crippen LogP contribution < -0.4 is 0 Å². The number of aliphatic hydroxyl groups excluding tert-OH is 1. The predicted octanol–water partition coefficient (Wildman–Crippen LogP) is 2.54. The molecule has 0 aliphatic rings. The Kier molecular flexibility index (Phi) is 6.87. The number of Topliss-reactive ketones (excluding diaryl/α,β-unsaturated/α-hetero) is 1. The molecule has 0 aromatic rings. The van der Waals surface area contributed by atoms with Gasteiger partial charge in [-0.2, -0.15) is 0 Å². The Labute approximate surface area is 81.3 Å². The van der Waals surface area contributed by atoms with E-state index in [2.05, 4.69) is 13.8 Å². The van der Waals surface area contributed by atoms with Crippen LogP contribution in [-0.4, -0.2) is 17.0 Å². The van der Waals surface area contributed by atoms with E-state index in [-0.39, 0.29) is 11.9 Å². The summed E-state index contributed by atoms with van der Waals surface area (Å²) in [6, 6.07) is 0. The summed E-state index contributed by atoms with van der Waals surface area (Å²) < 4.78 is 0. The number of ketones is 1. The topological polar surface area (TPSA) is 37.3 Å². The number of hydrogen-bond acceptors (Lipinski definition) is 2. The van der Waals surface area contributed by atoms with E-state index < -0.39 is 0 Å². The van der Waals surface area contributed by atoms with Crippen molar-refractivity contribution >= 4 is 5.78 Å². The van der Waals surface area contributed by atoms with Gasteiger partial charge >= 0.3 is 0 Å². The summed E-state index contributed by atoms with van der Waals surface area (Å²) in [6.07, 6.45) is 4.09. The van der Waals surface area contributed by atoms with Crippen molar-refractivity contribution in [3.8, 4) is 0 Å². The van der Waals surface area contributed by atoms with Crippen molar-refractivity contribution < 1.29 is 9.90 Å². The second kappa shape index (κ2) is 7.07. The quantitative estimate of drug-likeness (QED) is 0.620. The molecule has 0 saturated carbocycles. The molecule has 1 atom stereocenters. The second-order valence-corrected chi connectivity index (χ2v) is 4.23. The molecule has 0 spiro atoms. The highest BCUT2D eigenvalue weighted by atomic mass is 16.3. The lowest BCUT2D eigenvalue weighted by molar-refractivity contribution is -0.117. The summed E-state index contributed by atoms with van der Waals surface area (Å²) in [5.74, 6) is 0.807. The molecule has 0 aromatic carbocycles. The number of rotatable bonds is 7. The van der Waals surface area contributed by atoms with E-state index in [0.29, 0.717) is 12.3 Å². The molecular formula is C11H22O2. The molecular weight excluding hydrogens is 164 g/mol. The molecule has 13 heavy (non-hydrogen) atoms. The van der Waals surface area contributed by atoms with Gasteiger partial charge in [0.05, 0.1) is 6.10 Å². The Bertz CT molecular complexity index is 141. The SMILES string of the molecule is CC(=O)CCCCC(O)CC(C)C. The summed E-state index contributed by atoms with van der Waals surface area (Å²) in [5, 5.41) is 9.50. The van der Waals surface area contributed by atoms with Crippen molar-refractivity contribution in [1.82, 2.24) is 0 Å². The minimum atomic E-state index is -0.174. The van der Waals surface area contributed by atoms with Gasteiger partial charge < -0.3 is 9.90 Å². The van der Waals surface area contributed by atoms with Gasteiger partial charge in [-0.1, -0.05) is 20.3 Å². The van der Waals surface area contributed by atoms with Crippen LogP contribution in [0.1, 0.15) is 52.9 Å². The zero-order valence-electron chi connectivity index (χ0n) is 9.05. The van der Waals surface area contributed by atoms with E-state index in [4.69, 9.17) is 0 Å². The first kappa shape index (κ1) is 12.6. The van der Waals surface area contributed by atoms with Crippen LogP contribution in [0.5, 0.6) is 0 Å². The smallest absolute Gasteiger partial charge is 0.129 e. The molecule has 78 valence electrons. The first-order chi connectivity index (χ1) is 6.02. The Morgan fingerprint density at radius 2 is 1.92 bits per heavy atom. The highest BCUT2D eigenvalue weighted by Gasteiger charge is 2.06. The van der Waals surface area contributed by atoms with Crippen LogP contribution in [0.2, 0.25) is 0 Å². The van der Waals surface area contributed by atoms with Gasteiger partial charge in [-0.15, -0.1) is 0 Å². The van der Waals surface area contributed by atoms with Gasteiger partial charge in [0.15, 0.2) is 0 Å². The van der Waals surface area contributed by atoms with E-state index in [1.165, 1.54) is 0 Å². The summed E-state index contributed by atoms with van der Waals surface area (Å²) in [4.78, 5) is 10.6. The van der Waals surface area contributed by atoms with Crippen LogP contribution >= 0.6 is 0 Å². The molecule has 0 fully saturated rings. The lowest BCUT2D eigenvalue weighted by Crippen LogP contribution is -2.09. The Morgan fingerprint density at radius 3 is 2.38 bits per heavy atom. The van der Waals surface area contributed by atoms with Gasteiger partial charge in [0.2, 0.25) is 0 Å².